The van der Waals surface area contributed by atoms with Gasteiger partial charge in [0.2, 0.25) is 0 Å². The van der Waals surface area contributed by atoms with Crippen molar-refractivity contribution in [2.45, 2.75) is 19.4 Å². The summed E-state index contributed by atoms with van der Waals surface area (Å²) in [6.07, 6.45) is 2.24. The maximum atomic E-state index is 11.9. The number of nitrogens with zero attached hydrogens (tertiary/aromatic N) is 3. The molecule has 0 spiro atoms. The molecule has 0 saturated carbocycles. The van der Waals surface area contributed by atoms with Crippen molar-refractivity contribution in [3.8, 4) is 0 Å². The van der Waals surface area contributed by atoms with Crippen LogP contribution in [-0.2, 0) is 11.3 Å². The van der Waals surface area contributed by atoms with Crippen molar-refractivity contribution in [3.05, 3.63) is 35.9 Å². The molecule has 2 rings (SSSR count). The van der Waals surface area contributed by atoms with E-state index in [9.17, 15) is 4.79 Å². The summed E-state index contributed by atoms with van der Waals surface area (Å²) in [4.78, 5) is 18.8. The van der Waals surface area contributed by atoms with Gasteiger partial charge < -0.3 is 0 Å². The highest BCUT2D eigenvalue weighted by Crippen LogP contribution is 2.07. The molecule has 1 aliphatic heterocycles. The molecule has 1 aliphatic rings. The fourth-order valence-electron chi connectivity index (χ4n) is 3.05. The van der Waals surface area contributed by atoms with E-state index in [1.54, 1.807) is 0 Å². The second-order valence-corrected chi connectivity index (χ2v) is 6.48. The molecule has 122 valence electrons. The van der Waals surface area contributed by atoms with E-state index in [2.05, 4.69) is 45.0 Å². The number of carbonyl (C=O) groups is 1. The Balaban J connectivity index is 1.92. The van der Waals surface area contributed by atoms with Gasteiger partial charge in [-0.05, 0) is 58.7 Å². The van der Waals surface area contributed by atoms with E-state index in [1.807, 2.05) is 14.1 Å². The molecule has 0 aromatic heterocycles. The minimum Gasteiger partial charge on any atom is -0.299 e. The average Bonchev–Trinajstić information content (AvgIpc) is 2.46. The summed E-state index contributed by atoms with van der Waals surface area (Å²) in [6.45, 7) is 6.33. The van der Waals surface area contributed by atoms with Crippen LogP contribution in [0.25, 0.3) is 0 Å². The maximum absolute atomic E-state index is 11.9. The Bertz CT molecular complexity index is 429. The molecule has 4 nitrogen and oxygen atoms in total. The smallest absolute Gasteiger partial charge is 0.160 e. The molecule has 1 heterocycles. The van der Waals surface area contributed by atoms with Crippen LogP contribution < -0.4 is 0 Å². The molecule has 22 heavy (non-hydrogen) atoms. The predicted octanol–water partition coefficient (Wildman–Crippen LogP) is 1.72. The minimum atomic E-state index is 0.326. The minimum absolute atomic E-state index is 0.326. The molecular formula is C18H29N3O. The zero-order valence-electron chi connectivity index (χ0n) is 14.0. The summed E-state index contributed by atoms with van der Waals surface area (Å²) in [6, 6.07) is 10.7. The lowest BCUT2D eigenvalue weighted by molar-refractivity contribution is -0.120. The van der Waals surface area contributed by atoms with E-state index in [0.29, 0.717) is 18.9 Å². The lowest BCUT2D eigenvalue weighted by Gasteiger charge is -2.27. The van der Waals surface area contributed by atoms with E-state index in [-0.39, 0.29) is 0 Å². The monoisotopic (exact) mass is 303 g/mol. The highest BCUT2D eigenvalue weighted by molar-refractivity contribution is 5.82. The van der Waals surface area contributed by atoms with Crippen LogP contribution in [0.1, 0.15) is 18.4 Å². The lowest BCUT2D eigenvalue weighted by atomic mass is 10.2. The Kier molecular flexibility index (Phi) is 7.03. The van der Waals surface area contributed by atoms with Crippen LogP contribution in [0.2, 0.25) is 0 Å². The van der Waals surface area contributed by atoms with Crippen molar-refractivity contribution in [2.75, 3.05) is 53.4 Å². The van der Waals surface area contributed by atoms with Gasteiger partial charge in [0.25, 0.3) is 0 Å². The normalized spacial score (nSPS) is 21.3. The van der Waals surface area contributed by atoms with Crippen LogP contribution in [0.4, 0.5) is 0 Å². The quantitative estimate of drug-likeness (QED) is 0.831. The van der Waals surface area contributed by atoms with Crippen molar-refractivity contribution < 1.29 is 4.79 Å². The summed E-state index contributed by atoms with van der Waals surface area (Å²) in [5.74, 6) is 0.326. The van der Waals surface area contributed by atoms with Gasteiger partial charge in [0.15, 0.2) is 5.78 Å². The average molecular weight is 303 g/mol. The molecule has 0 N–H and O–H groups in total. The van der Waals surface area contributed by atoms with Crippen molar-refractivity contribution in [2.24, 2.45) is 0 Å². The lowest BCUT2D eigenvalue weighted by Crippen LogP contribution is -2.38. The molecule has 1 aromatic carbocycles. The van der Waals surface area contributed by atoms with Gasteiger partial charge in [-0.3, -0.25) is 19.5 Å². The van der Waals surface area contributed by atoms with Gasteiger partial charge in [-0.25, -0.2) is 0 Å². The van der Waals surface area contributed by atoms with Crippen molar-refractivity contribution in [1.82, 2.24) is 14.7 Å². The third-order valence-corrected chi connectivity index (χ3v) is 4.17. The maximum Gasteiger partial charge on any atom is 0.160 e. The summed E-state index contributed by atoms with van der Waals surface area (Å²) in [7, 11) is 4.09. The van der Waals surface area contributed by atoms with Crippen molar-refractivity contribution >= 4 is 5.78 Å². The van der Waals surface area contributed by atoms with Gasteiger partial charge in [-0.15, -0.1) is 0 Å². The van der Waals surface area contributed by atoms with Crippen molar-refractivity contribution in [1.29, 1.82) is 0 Å². The molecule has 0 atom stereocenters. The van der Waals surface area contributed by atoms with E-state index in [4.69, 9.17) is 0 Å². The number of likely N-dealkylation sites (N-methyl/N-ethyl adjacent to an activating group) is 2. The van der Waals surface area contributed by atoms with Crippen LogP contribution in [0.15, 0.2) is 30.3 Å². The molecule has 0 radical (unpaired) electrons. The fraction of sp³-hybridized carbons (Fsp3) is 0.611. The van der Waals surface area contributed by atoms with Gasteiger partial charge in [-0.1, -0.05) is 30.3 Å². The summed E-state index contributed by atoms with van der Waals surface area (Å²) >= 11 is 0. The van der Waals surface area contributed by atoms with Crippen molar-refractivity contribution in [3.63, 3.8) is 0 Å². The molecule has 1 saturated heterocycles. The number of hydrogen-bond donors (Lipinski definition) is 0. The Hall–Kier alpha value is -1.23. The molecule has 4 heteroatoms. The first-order chi connectivity index (χ1) is 10.6. The van der Waals surface area contributed by atoms with Crippen LogP contribution in [0, 0.1) is 0 Å². The summed E-state index contributed by atoms with van der Waals surface area (Å²) in [5, 5.41) is 0. The zero-order chi connectivity index (χ0) is 15.8. The first-order valence-electron chi connectivity index (χ1n) is 8.28. The summed E-state index contributed by atoms with van der Waals surface area (Å²) < 4.78 is 0. The van der Waals surface area contributed by atoms with E-state index in [0.717, 1.165) is 45.6 Å². The highest BCUT2D eigenvalue weighted by atomic mass is 16.1. The van der Waals surface area contributed by atoms with Crippen LogP contribution in [0.5, 0.6) is 0 Å². The number of rotatable bonds is 2. The number of benzene rings is 1. The number of carbonyl (C=O) groups excluding carboxylic acids is 1. The van der Waals surface area contributed by atoms with Gasteiger partial charge in [0.1, 0.15) is 0 Å². The second-order valence-electron chi connectivity index (χ2n) is 6.48. The molecule has 1 aromatic rings. The van der Waals surface area contributed by atoms with E-state index >= 15 is 0 Å². The topological polar surface area (TPSA) is 26.8 Å². The Morgan fingerprint density at radius 1 is 0.864 bits per heavy atom. The van der Waals surface area contributed by atoms with Crippen LogP contribution in [0.3, 0.4) is 0 Å². The third-order valence-electron chi connectivity index (χ3n) is 4.17. The fourth-order valence-corrected chi connectivity index (χ4v) is 3.05. The first-order valence-corrected chi connectivity index (χ1v) is 8.28. The molecule has 0 bridgehead atoms. The molecule has 0 unspecified atom stereocenters. The number of ketones is 1. The molecule has 0 amide bonds. The van der Waals surface area contributed by atoms with E-state index < -0.39 is 0 Å². The predicted molar refractivity (Wildman–Crippen MR) is 91.0 cm³/mol. The standard InChI is InChI=1S/C18H29N3O/c1-19-10-6-12-21(14-17-8-4-3-5-9-17)13-7-11-20(2)16-18(22)15-19/h3-5,8-9H,6-7,10-16H2,1-2H3. The van der Waals surface area contributed by atoms with Gasteiger partial charge in [-0.2, -0.15) is 0 Å². The first kappa shape index (κ1) is 17.1. The third kappa shape index (κ3) is 6.26. The SMILES string of the molecule is CN1CCCN(Cc2ccccc2)CCCN(C)CC(=O)C1. The molecule has 0 aliphatic carbocycles. The summed E-state index contributed by atoms with van der Waals surface area (Å²) in [5.41, 5.74) is 1.38. The van der Waals surface area contributed by atoms with Gasteiger partial charge in [0, 0.05) is 6.54 Å². The molecular weight excluding hydrogens is 274 g/mol. The van der Waals surface area contributed by atoms with Crippen LogP contribution >= 0.6 is 0 Å². The van der Waals surface area contributed by atoms with Crippen LogP contribution in [-0.4, -0.2) is 73.8 Å². The largest absolute Gasteiger partial charge is 0.299 e. The number of Topliss-reactive ketones (excluding diaryl/α,β-unsaturated/α-hetero) is 1. The zero-order valence-corrected chi connectivity index (χ0v) is 14.0. The van der Waals surface area contributed by atoms with Gasteiger partial charge in [0.05, 0.1) is 13.1 Å². The Morgan fingerprint density at radius 3 is 1.95 bits per heavy atom. The molecule has 1 fully saturated rings. The Morgan fingerprint density at radius 2 is 1.41 bits per heavy atom. The van der Waals surface area contributed by atoms with Gasteiger partial charge >= 0.3 is 0 Å². The second kappa shape index (κ2) is 9.03. The Labute approximate surface area is 134 Å². The number of hydrogen-bond acceptors (Lipinski definition) is 4. The highest BCUT2D eigenvalue weighted by Gasteiger charge is 2.13. The van der Waals surface area contributed by atoms with E-state index in [1.165, 1.54) is 5.56 Å².